The molecule has 1 unspecified atom stereocenters. The van der Waals surface area contributed by atoms with E-state index >= 15 is 0 Å². The van der Waals surface area contributed by atoms with Crippen LogP contribution in [0.15, 0.2) is 42.5 Å². The van der Waals surface area contributed by atoms with Gasteiger partial charge in [-0.2, -0.15) is 0 Å². The largest absolute Gasteiger partial charge is 0.493 e. The van der Waals surface area contributed by atoms with Gasteiger partial charge in [0.2, 0.25) is 0 Å². The maximum Gasteiger partial charge on any atom is 0.251 e. The van der Waals surface area contributed by atoms with E-state index in [4.69, 9.17) is 9.47 Å². The molecule has 0 spiro atoms. The third-order valence-corrected chi connectivity index (χ3v) is 5.19. The fourth-order valence-corrected chi connectivity index (χ4v) is 3.64. The number of carbonyl (C=O) groups is 1. The van der Waals surface area contributed by atoms with Gasteiger partial charge in [0.1, 0.15) is 5.82 Å². The molecule has 1 fully saturated rings. The number of ether oxygens (including phenoxy) is 2. The van der Waals surface area contributed by atoms with E-state index in [9.17, 15) is 9.18 Å². The van der Waals surface area contributed by atoms with Crippen LogP contribution in [0.2, 0.25) is 0 Å². The first-order valence-electron chi connectivity index (χ1n) is 9.62. The van der Waals surface area contributed by atoms with Gasteiger partial charge < -0.3 is 14.8 Å². The van der Waals surface area contributed by atoms with Gasteiger partial charge in [0, 0.05) is 12.1 Å². The molecule has 1 atom stereocenters. The quantitative estimate of drug-likeness (QED) is 0.786. The molecule has 1 N–H and O–H groups in total. The Morgan fingerprint density at radius 3 is 2.36 bits per heavy atom. The number of methoxy groups -OCH3 is 2. The highest BCUT2D eigenvalue weighted by atomic mass is 19.1. The predicted octanol–water partition coefficient (Wildman–Crippen LogP) is 3.80. The molecule has 1 amide bonds. The Balaban J connectivity index is 1.79. The topological polar surface area (TPSA) is 50.8 Å². The molecule has 0 bridgehead atoms. The first-order valence-corrected chi connectivity index (χ1v) is 9.62. The Hall–Kier alpha value is -2.60. The van der Waals surface area contributed by atoms with Gasteiger partial charge in [-0.1, -0.05) is 12.5 Å². The molecule has 0 aliphatic carbocycles. The third kappa shape index (κ3) is 4.81. The summed E-state index contributed by atoms with van der Waals surface area (Å²) < 4.78 is 23.9. The average Bonchev–Trinajstić information content (AvgIpc) is 2.74. The second-order valence-electron chi connectivity index (χ2n) is 6.94. The monoisotopic (exact) mass is 386 g/mol. The molecule has 2 aromatic rings. The number of nitrogens with one attached hydrogen (secondary N) is 1. The number of likely N-dealkylation sites (tertiary alicyclic amines) is 1. The molecule has 6 heteroatoms. The fourth-order valence-electron chi connectivity index (χ4n) is 3.64. The van der Waals surface area contributed by atoms with Gasteiger partial charge in [0.15, 0.2) is 11.5 Å². The highest BCUT2D eigenvalue weighted by Gasteiger charge is 2.24. The molecule has 1 saturated heterocycles. The van der Waals surface area contributed by atoms with E-state index in [1.54, 1.807) is 14.2 Å². The number of carbonyl (C=O) groups excluding carboxylic acids is 1. The van der Waals surface area contributed by atoms with Crippen molar-refractivity contribution in [3.05, 3.63) is 59.4 Å². The first-order chi connectivity index (χ1) is 13.6. The lowest BCUT2D eigenvalue weighted by Crippen LogP contribution is -2.40. The van der Waals surface area contributed by atoms with Crippen LogP contribution in [0.25, 0.3) is 0 Å². The van der Waals surface area contributed by atoms with Crippen molar-refractivity contribution in [1.29, 1.82) is 0 Å². The minimum Gasteiger partial charge on any atom is -0.493 e. The lowest BCUT2D eigenvalue weighted by Gasteiger charge is -2.35. The van der Waals surface area contributed by atoms with Crippen LogP contribution in [0.1, 0.15) is 41.2 Å². The highest BCUT2D eigenvalue weighted by molar-refractivity contribution is 5.94. The molecule has 5 nitrogen and oxygen atoms in total. The smallest absolute Gasteiger partial charge is 0.251 e. The zero-order chi connectivity index (χ0) is 19.9. The molecule has 28 heavy (non-hydrogen) atoms. The van der Waals surface area contributed by atoms with Gasteiger partial charge in [-0.3, -0.25) is 9.69 Å². The van der Waals surface area contributed by atoms with E-state index in [-0.39, 0.29) is 17.8 Å². The van der Waals surface area contributed by atoms with Gasteiger partial charge >= 0.3 is 0 Å². The number of rotatable bonds is 7. The molecule has 1 aliphatic rings. The Morgan fingerprint density at radius 1 is 1.04 bits per heavy atom. The fraction of sp³-hybridized carbons (Fsp3) is 0.409. The summed E-state index contributed by atoms with van der Waals surface area (Å²) in [6.07, 6.45) is 3.53. The molecule has 3 rings (SSSR count). The number of amides is 1. The van der Waals surface area contributed by atoms with Gasteiger partial charge in [0.25, 0.3) is 5.91 Å². The Labute approximate surface area is 165 Å². The Morgan fingerprint density at radius 2 is 1.71 bits per heavy atom. The van der Waals surface area contributed by atoms with Gasteiger partial charge in [-0.15, -0.1) is 0 Å². The SMILES string of the molecule is COc1ccc(C(CNC(=O)c2ccc(F)cc2)N2CCCCC2)cc1OC. The molecule has 150 valence electrons. The Kier molecular flexibility index (Phi) is 6.87. The highest BCUT2D eigenvalue weighted by Crippen LogP contribution is 2.32. The zero-order valence-electron chi connectivity index (χ0n) is 16.4. The number of piperidine rings is 1. The molecule has 0 radical (unpaired) electrons. The van der Waals surface area contributed by atoms with Crippen molar-refractivity contribution in [2.24, 2.45) is 0 Å². The van der Waals surface area contributed by atoms with Crippen LogP contribution >= 0.6 is 0 Å². The minimum absolute atomic E-state index is 0.0319. The number of halogens is 1. The van der Waals surface area contributed by atoms with Crippen molar-refractivity contribution >= 4 is 5.91 Å². The van der Waals surface area contributed by atoms with Crippen LogP contribution in [0.5, 0.6) is 11.5 Å². The van der Waals surface area contributed by atoms with E-state index < -0.39 is 0 Å². The lowest BCUT2D eigenvalue weighted by molar-refractivity contribution is 0.0924. The zero-order valence-corrected chi connectivity index (χ0v) is 16.4. The maximum absolute atomic E-state index is 13.1. The summed E-state index contributed by atoms with van der Waals surface area (Å²) >= 11 is 0. The molecule has 1 aliphatic heterocycles. The summed E-state index contributed by atoms with van der Waals surface area (Å²) in [5.74, 6) is 0.793. The predicted molar refractivity (Wildman–Crippen MR) is 106 cm³/mol. The van der Waals surface area contributed by atoms with Crippen molar-refractivity contribution in [3.63, 3.8) is 0 Å². The summed E-state index contributed by atoms with van der Waals surface area (Å²) in [6, 6.07) is 11.5. The van der Waals surface area contributed by atoms with E-state index in [0.717, 1.165) is 31.5 Å². The minimum atomic E-state index is -0.354. The van der Waals surface area contributed by atoms with Crippen LogP contribution in [0.4, 0.5) is 4.39 Å². The average molecular weight is 386 g/mol. The first kappa shape index (κ1) is 20.1. The molecular formula is C22H27FN2O3. The van der Waals surface area contributed by atoms with Crippen molar-refractivity contribution in [2.45, 2.75) is 25.3 Å². The van der Waals surface area contributed by atoms with Crippen molar-refractivity contribution in [1.82, 2.24) is 10.2 Å². The van der Waals surface area contributed by atoms with Gasteiger partial charge in [-0.05, 0) is 67.9 Å². The maximum atomic E-state index is 13.1. The van der Waals surface area contributed by atoms with E-state index in [1.165, 1.54) is 30.7 Å². The van der Waals surface area contributed by atoms with Crippen LogP contribution < -0.4 is 14.8 Å². The van der Waals surface area contributed by atoms with Crippen LogP contribution in [0.3, 0.4) is 0 Å². The third-order valence-electron chi connectivity index (χ3n) is 5.19. The molecule has 0 aromatic heterocycles. The van der Waals surface area contributed by atoms with Crippen molar-refractivity contribution in [3.8, 4) is 11.5 Å². The van der Waals surface area contributed by atoms with Crippen LogP contribution in [0, 0.1) is 5.82 Å². The van der Waals surface area contributed by atoms with Crippen molar-refractivity contribution < 1.29 is 18.7 Å². The number of benzene rings is 2. The van der Waals surface area contributed by atoms with Crippen LogP contribution in [-0.4, -0.2) is 44.7 Å². The second kappa shape index (κ2) is 9.55. The molecule has 1 heterocycles. The summed E-state index contributed by atoms with van der Waals surface area (Å²) in [7, 11) is 3.23. The van der Waals surface area contributed by atoms with E-state index in [2.05, 4.69) is 10.2 Å². The summed E-state index contributed by atoms with van der Waals surface area (Å²) in [6.45, 7) is 2.45. The Bertz CT molecular complexity index is 789. The molecule has 0 saturated carbocycles. The number of hydrogen-bond acceptors (Lipinski definition) is 4. The normalized spacial score (nSPS) is 15.7. The van der Waals surface area contributed by atoms with E-state index in [0.29, 0.717) is 23.6 Å². The summed E-state index contributed by atoms with van der Waals surface area (Å²) in [4.78, 5) is 14.9. The molecular weight excluding hydrogens is 359 g/mol. The lowest BCUT2D eigenvalue weighted by atomic mass is 10.0. The molecule has 2 aromatic carbocycles. The van der Waals surface area contributed by atoms with Gasteiger partial charge in [-0.25, -0.2) is 4.39 Å². The second-order valence-corrected chi connectivity index (χ2v) is 6.94. The summed E-state index contributed by atoms with van der Waals surface area (Å²) in [5.41, 5.74) is 1.52. The van der Waals surface area contributed by atoms with Crippen LogP contribution in [-0.2, 0) is 0 Å². The number of hydrogen-bond donors (Lipinski definition) is 1. The van der Waals surface area contributed by atoms with Crippen molar-refractivity contribution in [2.75, 3.05) is 33.9 Å². The van der Waals surface area contributed by atoms with Gasteiger partial charge in [0.05, 0.1) is 20.3 Å². The van der Waals surface area contributed by atoms with E-state index in [1.807, 2.05) is 18.2 Å². The summed E-state index contributed by atoms with van der Waals surface area (Å²) in [5, 5.41) is 3.01. The number of nitrogens with zero attached hydrogens (tertiary/aromatic N) is 1. The standard InChI is InChI=1S/C22H27FN2O3/c1-27-20-11-8-17(14-21(20)28-2)19(25-12-4-3-5-13-25)15-24-22(26)16-6-9-18(23)10-7-16/h6-11,14,19H,3-5,12-13,15H2,1-2H3,(H,24,26).